The number of thioether (sulfide) groups is 1. The number of nitrogens with zero attached hydrogens (tertiary/aromatic N) is 1. The Morgan fingerprint density at radius 3 is 1.79 bits per heavy atom. The minimum absolute atomic E-state index is 0.0307. The standard InChI is InChI=1S/C28H48N10O3S2/c1-40-14-15-41-13-6-25(39)37-27-16-30-7-10-33-19-28(20-34-11-8-31-17-27,21-35-12-9-32-18-27)38-26(42)36-23-2-4-24(5-3-23)43-22-29/h2-5,30-35H,6-21H2,1H3,(H,37,39)(H2,36,38,42). The molecule has 0 unspecified atom stereocenters. The molecule has 0 radical (unpaired) electrons. The van der Waals surface area contributed by atoms with Crippen LogP contribution in [0.5, 0.6) is 0 Å². The first-order valence-electron chi connectivity index (χ1n) is 14.9. The fourth-order valence-corrected chi connectivity index (χ4v) is 5.68. The zero-order chi connectivity index (χ0) is 30.6. The van der Waals surface area contributed by atoms with Crippen LogP contribution in [0.3, 0.4) is 0 Å². The van der Waals surface area contributed by atoms with Crippen LogP contribution in [-0.2, 0) is 14.3 Å². The van der Waals surface area contributed by atoms with E-state index in [1.807, 2.05) is 24.3 Å². The largest absolute Gasteiger partial charge is 0.382 e. The number of carbonyl (C=O) groups excluding carboxylic acids is 1. The first-order chi connectivity index (χ1) is 21.0. The Morgan fingerprint density at radius 2 is 1.33 bits per heavy atom. The summed E-state index contributed by atoms with van der Waals surface area (Å²) in [6.07, 6.45) is 0.299. The quantitative estimate of drug-likeness (QED) is 0.0647. The second-order valence-electron chi connectivity index (χ2n) is 10.8. The maximum atomic E-state index is 12.9. The van der Waals surface area contributed by atoms with Crippen molar-refractivity contribution < 1.29 is 14.3 Å². The number of nitriles is 1. The molecule has 1 amide bonds. The minimum Gasteiger partial charge on any atom is -0.382 e. The molecule has 43 heavy (non-hydrogen) atoms. The SMILES string of the molecule is COCCOCCC(=O)NC12CNCCNCC(NC(=S)Nc3ccc(SC#N)cc3)(CNCCNC1)CNCCNC2. The second kappa shape index (κ2) is 20.0. The zero-order valence-electron chi connectivity index (χ0n) is 25.1. The van der Waals surface area contributed by atoms with Gasteiger partial charge in [-0.05, 0) is 48.2 Å². The highest BCUT2D eigenvalue weighted by Gasteiger charge is 2.33. The highest BCUT2D eigenvalue weighted by atomic mass is 32.2. The molecule has 240 valence electrons. The molecule has 13 nitrogen and oxygen atoms in total. The van der Waals surface area contributed by atoms with Crippen LogP contribution in [0.2, 0.25) is 0 Å². The van der Waals surface area contributed by atoms with Gasteiger partial charge in [-0.15, -0.1) is 0 Å². The van der Waals surface area contributed by atoms with Gasteiger partial charge in [0.05, 0.1) is 30.9 Å². The number of amides is 1. The highest BCUT2D eigenvalue weighted by molar-refractivity contribution is 8.03. The Balaban J connectivity index is 1.64. The molecular formula is C28H48N10O3S2. The number of thiocyanates is 1. The van der Waals surface area contributed by atoms with E-state index in [1.165, 1.54) is 0 Å². The molecular weight excluding hydrogens is 589 g/mol. The number of benzene rings is 1. The molecule has 0 aliphatic carbocycles. The van der Waals surface area contributed by atoms with E-state index in [-0.39, 0.29) is 5.91 Å². The van der Waals surface area contributed by atoms with Crippen molar-refractivity contribution in [3.8, 4) is 5.40 Å². The second-order valence-corrected chi connectivity index (χ2v) is 12.1. The maximum absolute atomic E-state index is 12.9. The van der Waals surface area contributed by atoms with Gasteiger partial charge in [0.15, 0.2) is 5.11 Å². The van der Waals surface area contributed by atoms with Crippen molar-refractivity contribution in [3.05, 3.63) is 24.3 Å². The van der Waals surface area contributed by atoms with Gasteiger partial charge in [0.25, 0.3) is 0 Å². The first kappa shape index (κ1) is 35.4. The van der Waals surface area contributed by atoms with Gasteiger partial charge in [-0.1, -0.05) is 0 Å². The van der Waals surface area contributed by atoms with Crippen molar-refractivity contribution in [2.75, 3.05) is 111 Å². The van der Waals surface area contributed by atoms with Gasteiger partial charge in [-0.25, -0.2) is 0 Å². The number of carbonyl (C=O) groups is 1. The Kier molecular flexibility index (Phi) is 16.5. The molecule has 1 aromatic rings. The van der Waals surface area contributed by atoms with Crippen LogP contribution in [0, 0.1) is 10.7 Å². The van der Waals surface area contributed by atoms with E-state index < -0.39 is 11.1 Å². The fourth-order valence-electron chi connectivity index (χ4n) is 4.97. The highest BCUT2D eigenvalue weighted by Crippen LogP contribution is 2.19. The maximum Gasteiger partial charge on any atom is 0.222 e. The zero-order valence-corrected chi connectivity index (χ0v) is 26.7. The lowest BCUT2D eigenvalue weighted by atomic mass is 9.97. The van der Waals surface area contributed by atoms with Crippen molar-refractivity contribution in [1.29, 1.82) is 5.26 Å². The summed E-state index contributed by atoms with van der Waals surface area (Å²) in [5, 5.41) is 43.2. The van der Waals surface area contributed by atoms with Gasteiger partial charge in [-0.2, -0.15) is 5.26 Å². The summed E-state index contributed by atoms with van der Waals surface area (Å²) in [5.41, 5.74) is -0.0246. The van der Waals surface area contributed by atoms with Gasteiger partial charge < -0.3 is 57.3 Å². The summed E-state index contributed by atoms with van der Waals surface area (Å²) < 4.78 is 10.5. The van der Waals surface area contributed by atoms with E-state index in [1.54, 1.807) is 7.11 Å². The number of thiocarbonyl (C=S) groups is 1. The number of anilines is 1. The van der Waals surface area contributed by atoms with Crippen LogP contribution in [0.4, 0.5) is 5.69 Å². The number of ether oxygens (including phenoxy) is 2. The smallest absolute Gasteiger partial charge is 0.222 e. The molecule has 3 saturated heterocycles. The van der Waals surface area contributed by atoms with Crippen molar-refractivity contribution in [2.24, 2.45) is 0 Å². The molecule has 3 fully saturated rings. The lowest BCUT2D eigenvalue weighted by Crippen LogP contribution is -2.68. The lowest BCUT2D eigenvalue weighted by molar-refractivity contribution is -0.124. The fraction of sp³-hybridized carbons (Fsp3) is 0.679. The Hall–Kier alpha value is -2.10. The van der Waals surface area contributed by atoms with Crippen molar-refractivity contribution in [3.63, 3.8) is 0 Å². The Labute approximate surface area is 265 Å². The summed E-state index contributed by atoms with van der Waals surface area (Å²) in [6.45, 7) is 9.72. The van der Waals surface area contributed by atoms with Crippen molar-refractivity contribution >= 4 is 40.7 Å². The summed E-state index contributed by atoms with van der Waals surface area (Å²) in [7, 11) is 1.63. The van der Waals surface area contributed by atoms with Crippen LogP contribution < -0.4 is 47.9 Å². The molecule has 3 heterocycles. The summed E-state index contributed by atoms with van der Waals surface area (Å²) in [4.78, 5) is 13.8. The van der Waals surface area contributed by atoms with Gasteiger partial charge in [0.1, 0.15) is 5.40 Å². The third-order valence-corrected chi connectivity index (χ3v) is 7.98. The number of fused-ring (bicyclic) bond motifs is 15. The van der Waals surface area contributed by atoms with E-state index in [9.17, 15) is 4.79 Å². The summed E-state index contributed by atoms with van der Waals surface area (Å²) in [5.74, 6) is -0.0307. The molecule has 0 aromatic heterocycles. The van der Waals surface area contributed by atoms with Crippen molar-refractivity contribution in [2.45, 2.75) is 22.4 Å². The summed E-state index contributed by atoms with van der Waals surface area (Å²) in [6, 6.07) is 7.64. The number of hydrogen-bond acceptors (Lipinski definition) is 12. The molecule has 0 atom stereocenters. The molecule has 3 aliphatic rings. The number of methoxy groups -OCH3 is 1. The van der Waals surface area contributed by atoms with Crippen LogP contribution in [0.1, 0.15) is 6.42 Å². The van der Waals surface area contributed by atoms with Crippen LogP contribution >= 0.6 is 24.0 Å². The first-order valence-corrected chi connectivity index (χ1v) is 16.1. The molecule has 4 rings (SSSR count). The average Bonchev–Trinajstić information content (AvgIpc) is 2.99. The van der Waals surface area contributed by atoms with Gasteiger partial charge in [0.2, 0.25) is 5.91 Å². The topological polar surface area (TPSA) is 168 Å². The van der Waals surface area contributed by atoms with Gasteiger partial charge in [-0.3, -0.25) is 4.79 Å². The van der Waals surface area contributed by atoms with E-state index in [2.05, 4.69) is 53.3 Å². The lowest BCUT2D eigenvalue weighted by Gasteiger charge is -2.39. The molecule has 9 N–H and O–H groups in total. The third kappa shape index (κ3) is 13.6. The Bertz CT molecular complexity index is 968. The van der Waals surface area contributed by atoms with Crippen LogP contribution in [0.25, 0.3) is 0 Å². The predicted octanol–water partition coefficient (Wildman–Crippen LogP) is -1.24. The molecule has 1 aromatic carbocycles. The Morgan fingerprint density at radius 1 is 0.837 bits per heavy atom. The number of rotatable bonds is 10. The molecule has 0 saturated carbocycles. The van der Waals surface area contributed by atoms with Crippen LogP contribution in [0.15, 0.2) is 29.2 Å². The average molecular weight is 637 g/mol. The van der Waals surface area contributed by atoms with Gasteiger partial charge >= 0.3 is 0 Å². The van der Waals surface area contributed by atoms with E-state index in [0.29, 0.717) is 70.6 Å². The van der Waals surface area contributed by atoms with E-state index in [4.69, 9.17) is 27.0 Å². The number of hydrogen-bond donors (Lipinski definition) is 9. The molecule has 3 aliphatic heterocycles. The van der Waals surface area contributed by atoms with E-state index in [0.717, 1.165) is 61.6 Å². The summed E-state index contributed by atoms with van der Waals surface area (Å²) >= 11 is 6.88. The monoisotopic (exact) mass is 636 g/mol. The third-order valence-electron chi connectivity index (χ3n) is 7.18. The predicted molar refractivity (Wildman–Crippen MR) is 175 cm³/mol. The molecule has 2 bridgehead atoms. The molecule has 0 spiro atoms. The normalized spacial score (nSPS) is 24.2. The van der Waals surface area contributed by atoms with Crippen molar-refractivity contribution in [1.82, 2.24) is 42.5 Å². The van der Waals surface area contributed by atoms with Crippen LogP contribution in [-0.4, -0.2) is 128 Å². The number of nitrogens with one attached hydrogen (secondary N) is 9. The van der Waals surface area contributed by atoms with E-state index >= 15 is 0 Å². The van der Waals surface area contributed by atoms with Gasteiger partial charge in [0, 0.05) is 103 Å². The molecule has 15 heteroatoms. The minimum atomic E-state index is -0.494.